The second kappa shape index (κ2) is 13.8. The van der Waals surface area contributed by atoms with Crippen molar-refractivity contribution in [2.75, 3.05) is 20.8 Å². The molecule has 0 aliphatic heterocycles. The van der Waals surface area contributed by atoms with E-state index in [1.807, 2.05) is 33.9 Å². The van der Waals surface area contributed by atoms with Gasteiger partial charge < -0.3 is 14.8 Å². The number of hydrogen-bond acceptors (Lipinski definition) is 5. The molecule has 0 aliphatic rings. The number of methoxy groups -OCH3 is 2. The molecule has 0 radical (unpaired) electrons. The Labute approximate surface area is 122 Å². The number of aromatic nitrogens is 1. The van der Waals surface area contributed by atoms with E-state index < -0.39 is 0 Å². The van der Waals surface area contributed by atoms with E-state index in [9.17, 15) is 0 Å². The Morgan fingerprint density at radius 2 is 1.85 bits per heavy atom. The van der Waals surface area contributed by atoms with Crippen molar-refractivity contribution < 1.29 is 14.3 Å². The van der Waals surface area contributed by atoms with Gasteiger partial charge in [0.15, 0.2) is 0 Å². The van der Waals surface area contributed by atoms with Gasteiger partial charge in [-0.3, -0.25) is 9.78 Å². The van der Waals surface area contributed by atoms with Gasteiger partial charge in [0.05, 0.1) is 19.9 Å². The number of aryl methyl sites for hydroxylation is 1. The van der Waals surface area contributed by atoms with E-state index in [1.54, 1.807) is 7.11 Å². The predicted molar refractivity (Wildman–Crippen MR) is 82.1 cm³/mol. The van der Waals surface area contributed by atoms with Crippen molar-refractivity contribution in [3.05, 3.63) is 23.0 Å². The SMILES string of the molecule is CC.CCNCc1ncc(C)c(OC)c1C.COC=O. The van der Waals surface area contributed by atoms with Crippen molar-refractivity contribution in [1.82, 2.24) is 10.3 Å². The van der Waals surface area contributed by atoms with Gasteiger partial charge in [-0.2, -0.15) is 0 Å². The fourth-order valence-electron chi connectivity index (χ4n) is 1.49. The molecule has 0 amide bonds. The molecule has 1 rings (SSSR count). The number of nitrogens with one attached hydrogen (secondary N) is 1. The molecule has 1 N–H and O–H groups in total. The summed E-state index contributed by atoms with van der Waals surface area (Å²) in [5.74, 6) is 0.952. The van der Waals surface area contributed by atoms with E-state index >= 15 is 0 Å². The number of nitrogens with zero attached hydrogens (tertiary/aromatic N) is 1. The van der Waals surface area contributed by atoms with E-state index in [1.165, 1.54) is 7.11 Å². The highest BCUT2D eigenvalue weighted by molar-refractivity contribution is 5.40. The summed E-state index contributed by atoms with van der Waals surface area (Å²) in [4.78, 5) is 13.3. The summed E-state index contributed by atoms with van der Waals surface area (Å²) in [6.45, 7) is 12.3. The number of hydrogen-bond donors (Lipinski definition) is 1. The number of carbonyl (C=O) groups excluding carboxylic acids is 1. The molecule has 0 unspecified atom stereocenters. The van der Waals surface area contributed by atoms with Gasteiger partial charge in [0.2, 0.25) is 0 Å². The fraction of sp³-hybridized carbons (Fsp3) is 0.600. The molecule has 0 aliphatic carbocycles. The molecule has 116 valence electrons. The Bertz CT molecular complexity index is 368. The maximum atomic E-state index is 8.95. The minimum atomic E-state index is 0.375. The second-order valence-corrected chi connectivity index (χ2v) is 3.66. The zero-order valence-corrected chi connectivity index (χ0v) is 13.7. The van der Waals surface area contributed by atoms with Crippen LogP contribution in [0.2, 0.25) is 0 Å². The minimum absolute atomic E-state index is 0.375. The Kier molecular flexibility index (Phi) is 14.3. The van der Waals surface area contributed by atoms with E-state index in [0.717, 1.165) is 35.7 Å². The summed E-state index contributed by atoms with van der Waals surface area (Å²) < 4.78 is 9.19. The van der Waals surface area contributed by atoms with Gasteiger partial charge in [-0.05, 0) is 20.4 Å². The Morgan fingerprint density at radius 3 is 2.25 bits per heavy atom. The maximum Gasteiger partial charge on any atom is 0.292 e. The van der Waals surface area contributed by atoms with Gasteiger partial charge in [0.1, 0.15) is 5.75 Å². The smallest absolute Gasteiger partial charge is 0.292 e. The molecular weight excluding hydrogens is 256 g/mol. The molecule has 0 spiro atoms. The largest absolute Gasteiger partial charge is 0.496 e. The Hall–Kier alpha value is -1.62. The summed E-state index contributed by atoms with van der Waals surface area (Å²) >= 11 is 0. The van der Waals surface area contributed by atoms with Crippen LogP contribution in [0.3, 0.4) is 0 Å². The third-order valence-corrected chi connectivity index (χ3v) is 2.39. The number of ether oxygens (including phenoxy) is 2. The Morgan fingerprint density at radius 1 is 1.30 bits per heavy atom. The van der Waals surface area contributed by atoms with Crippen molar-refractivity contribution in [1.29, 1.82) is 0 Å². The zero-order valence-electron chi connectivity index (χ0n) is 13.7. The predicted octanol–water partition coefficient (Wildman–Crippen LogP) is 2.63. The molecule has 5 heteroatoms. The molecule has 0 fully saturated rings. The van der Waals surface area contributed by atoms with Crippen molar-refractivity contribution in [2.45, 2.75) is 41.2 Å². The van der Waals surface area contributed by atoms with Crippen LogP contribution in [0, 0.1) is 13.8 Å². The molecule has 1 heterocycles. The molecule has 0 bridgehead atoms. The molecule has 0 atom stereocenters. The molecule has 0 aromatic carbocycles. The van der Waals surface area contributed by atoms with Crippen molar-refractivity contribution in [3.8, 4) is 5.75 Å². The molecule has 1 aromatic rings. The van der Waals surface area contributed by atoms with Crippen LogP contribution in [-0.4, -0.2) is 32.2 Å². The molecule has 20 heavy (non-hydrogen) atoms. The lowest BCUT2D eigenvalue weighted by atomic mass is 10.1. The average Bonchev–Trinajstić information content (AvgIpc) is 2.49. The lowest BCUT2D eigenvalue weighted by molar-refractivity contribution is -0.126. The van der Waals surface area contributed by atoms with Gasteiger partial charge in [0.25, 0.3) is 6.47 Å². The molecule has 5 nitrogen and oxygen atoms in total. The summed E-state index contributed by atoms with van der Waals surface area (Å²) in [6, 6.07) is 0. The number of carbonyl (C=O) groups is 1. The van der Waals surface area contributed by atoms with Crippen LogP contribution in [0.4, 0.5) is 0 Å². The molecule has 0 saturated carbocycles. The van der Waals surface area contributed by atoms with Crippen molar-refractivity contribution in [3.63, 3.8) is 0 Å². The highest BCUT2D eigenvalue weighted by Crippen LogP contribution is 2.23. The van der Waals surface area contributed by atoms with Crippen LogP contribution in [-0.2, 0) is 16.1 Å². The zero-order chi connectivity index (χ0) is 16.0. The summed E-state index contributed by atoms with van der Waals surface area (Å²) in [5, 5.41) is 3.26. The first-order valence-corrected chi connectivity index (χ1v) is 6.78. The van der Waals surface area contributed by atoms with Crippen LogP contribution in [0.5, 0.6) is 5.75 Å². The highest BCUT2D eigenvalue weighted by Gasteiger charge is 2.08. The summed E-state index contributed by atoms with van der Waals surface area (Å²) in [6.07, 6.45) is 1.86. The minimum Gasteiger partial charge on any atom is -0.496 e. The summed E-state index contributed by atoms with van der Waals surface area (Å²) in [7, 11) is 3.01. The fourth-order valence-corrected chi connectivity index (χ4v) is 1.49. The van der Waals surface area contributed by atoms with Crippen molar-refractivity contribution >= 4 is 6.47 Å². The van der Waals surface area contributed by atoms with Gasteiger partial charge in [-0.25, -0.2) is 0 Å². The van der Waals surface area contributed by atoms with Gasteiger partial charge in [0, 0.05) is 23.9 Å². The third kappa shape index (κ3) is 7.74. The van der Waals surface area contributed by atoms with Crippen LogP contribution >= 0.6 is 0 Å². The van der Waals surface area contributed by atoms with E-state index in [-0.39, 0.29) is 0 Å². The van der Waals surface area contributed by atoms with E-state index in [4.69, 9.17) is 9.53 Å². The molecule has 1 aromatic heterocycles. The number of pyridine rings is 1. The van der Waals surface area contributed by atoms with Crippen LogP contribution in [0.1, 0.15) is 37.6 Å². The first kappa shape index (κ1) is 20.7. The van der Waals surface area contributed by atoms with E-state index in [0.29, 0.717) is 6.47 Å². The standard InChI is InChI=1S/C11H18N2O.C2H4O2.C2H6/c1-5-12-7-10-9(3)11(14-4)8(2)6-13-10;1-4-2-3;1-2/h6,12H,5,7H2,1-4H3;2H,1H3;1-2H3. The first-order valence-electron chi connectivity index (χ1n) is 6.78. The van der Waals surface area contributed by atoms with Gasteiger partial charge in [-0.15, -0.1) is 0 Å². The molecule has 0 saturated heterocycles. The summed E-state index contributed by atoms with van der Waals surface area (Å²) in [5.41, 5.74) is 3.29. The lowest BCUT2D eigenvalue weighted by Crippen LogP contribution is -2.14. The van der Waals surface area contributed by atoms with Gasteiger partial charge in [-0.1, -0.05) is 20.8 Å². The highest BCUT2D eigenvalue weighted by atomic mass is 16.5. The molecular formula is C15H28N2O3. The van der Waals surface area contributed by atoms with Crippen molar-refractivity contribution in [2.24, 2.45) is 0 Å². The second-order valence-electron chi connectivity index (χ2n) is 3.66. The average molecular weight is 284 g/mol. The van der Waals surface area contributed by atoms with Crippen LogP contribution in [0.25, 0.3) is 0 Å². The topological polar surface area (TPSA) is 60.5 Å². The van der Waals surface area contributed by atoms with Gasteiger partial charge >= 0.3 is 0 Å². The van der Waals surface area contributed by atoms with E-state index in [2.05, 4.69) is 22.0 Å². The maximum absolute atomic E-state index is 8.95. The quantitative estimate of drug-likeness (QED) is 0.842. The first-order chi connectivity index (χ1) is 9.62. The normalized spacial score (nSPS) is 8.55. The van der Waals surface area contributed by atoms with Crippen LogP contribution < -0.4 is 10.1 Å². The van der Waals surface area contributed by atoms with Crippen LogP contribution in [0.15, 0.2) is 6.20 Å². The Balaban J connectivity index is 0. The monoisotopic (exact) mass is 284 g/mol. The number of rotatable bonds is 5. The lowest BCUT2D eigenvalue weighted by Gasteiger charge is -2.12. The third-order valence-electron chi connectivity index (χ3n) is 2.39.